The fourth-order valence-electron chi connectivity index (χ4n) is 3.63. The number of ether oxygens (including phenoxy) is 2. The minimum atomic E-state index is -0.0185. The van der Waals surface area contributed by atoms with Gasteiger partial charge in [0.15, 0.2) is 17.1 Å². The molecule has 1 aromatic heterocycles. The molecular formula is C22H21N3O4. The van der Waals surface area contributed by atoms with Crippen LogP contribution < -0.4 is 9.47 Å². The topological polar surface area (TPSA) is 68.0 Å². The molecule has 1 saturated heterocycles. The number of fused-ring (bicyclic) bond motifs is 2. The summed E-state index contributed by atoms with van der Waals surface area (Å²) >= 11 is 0. The first-order chi connectivity index (χ1) is 14.2. The second-order valence-electron chi connectivity index (χ2n) is 7.14. The van der Waals surface area contributed by atoms with Crippen LogP contribution in [0.15, 0.2) is 53.0 Å². The molecule has 7 nitrogen and oxygen atoms in total. The summed E-state index contributed by atoms with van der Waals surface area (Å²) in [6.07, 6.45) is 3.18. The SMILES string of the molecule is O=C(C=Cc1nc2ccccc2o1)N1CCN(Cc2ccc3c(c2)OCO3)CC1. The Balaban J connectivity index is 1.15. The third kappa shape index (κ3) is 3.82. The van der Waals surface area contributed by atoms with Crippen molar-refractivity contribution in [3.8, 4) is 11.5 Å². The minimum absolute atomic E-state index is 0.0185. The molecule has 3 aromatic rings. The van der Waals surface area contributed by atoms with Crippen molar-refractivity contribution in [1.29, 1.82) is 0 Å². The molecule has 0 saturated carbocycles. The Morgan fingerprint density at radius 1 is 1.03 bits per heavy atom. The van der Waals surface area contributed by atoms with E-state index in [1.165, 1.54) is 11.6 Å². The van der Waals surface area contributed by atoms with Crippen LogP contribution in [0.25, 0.3) is 17.2 Å². The molecule has 0 N–H and O–H groups in total. The van der Waals surface area contributed by atoms with Crippen LogP contribution in [0, 0.1) is 0 Å². The van der Waals surface area contributed by atoms with Crippen LogP contribution in [0.2, 0.25) is 0 Å². The Kier molecular flexibility index (Phi) is 4.65. The first-order valence-electron chi connectivity index (χ1n) is 9.68. The van der Waals surface area contributed by atoms with E-state index in [9.17, 15) is 4.79 Å². The Labute approximate surface area is 168 Å². The number of carbonyl (C=O) groups is 1. The Bertz CT molecular complexity index is 1030. The van der Waals surface area contributed by atoms with Crippen LogP contribution in [0.5, 0.6) is 11.5 Å². The number of rotatable bonds is 4. The highest BCUT2D eigenvalue weighted by Gasteiger charge is 2.21. The number of nitrogens with zero attached hydrogens (tertiary/aromatic N) is 3. The molecule has 7 heteroatoms. The summed E-state index contributed by atoms with van der Waals surface area (Å²) in [6.45, 7) is 4.17. The lowest BCUT2D eigenvalue weighted by atomic mass is 10.1. The van der Waals surface area contributed by atoms with Crippen molar-refractivity contribution in [3.63, 3.8) is 0 Å². The Hall–Kier alpha value is -3.32. The molecule has 2 aliphatic heterocycles. The molecule has 0 bridgehead atoms. The van der Waals surface area contributed by atoms with Crippen molar-refractivity contribution in [2.75, 3.05) is 33.0 Å². The molecule has 0 atom stereocenters. The number of amides is 1. The number of hydrogen-bond donors (Lipinski definition) is 0. The van der Waals surface area contributed by atoms with Gasteiger partial charge in [-0.3, -0.25) is 9.69 Å². The molecule has 2 aliphatic rings. The lowest BCUT2D eigenvalue weighted by Gasteiger charge is -2.34. The average molecular weight is 391 g/mol. The van der Waals surface area contributed by atoms with E-state index >= 15 is 0 Å². The van der Waals surface area contributed by atoms with Gasteiger partial charge >= 0.3 is 0 Å². The van der Waals surface area contributed by atoms with Gasteiger partial charge in [-0.05, 0) is 29.8 Å². The molecular weight excluding hydrogens is 370 g/mol. The van der Waals surface area contributed by atoms with Gasteiger partial charge in [0.2, 0.25) is 18.6 Å². The fraction of sp³-hybridized carbons (Fsp3) is 0.273. The van der Waals surface area contributed by atoms with Gasteiger partial charge < -0.3 is 18.8 Å². The number of carbonyl (C=O) groups excluding carboxylic acids is 1. The molecule has 29 heavy (non-hydrogen) atoms. The van der Waals surface area contributed by atoms with E-state index in [1.54, 1.807) is 6.08 Å². The van der Waals surface area contributed by atoms with Gasteiger partial charge in [0, 0.05) is 44.9 Å². The molecule has 3 heterocycles. The van der Waals surface area contributed by atoms with E-state index in [-0.39, 0.29) is 12.7 Å². The monoisotopic (exact) mass is 391 g/mol. The fourth-order valence-corrected chi connectivity index (χ4v) is 3.63. The summed E-state index contributed by atoms with van der Waals surface area (Å²) < 4.78 is 16.4. The standard InChI is InChI=1S/C22H21N3O4/c26-22(8-7-21-23-17-3-1-2-4-18(17)29-21)25-11-9-24(10-12-25)14-16-5-6-19-20(13-16)28-15-27-19/h1-8,13H,9-12,14-15H2. The third-order valence-electron chi connectivity index (χ3n) is 5.21. The van der Waals surface area contributed by atoms with E-state index in [0.29, 0.717) is 19.0 Å². The predicted molar refractivity (Wildman–Crippen MR) is 107 cm³/mol. The Morgan fingerprint density at radius 2 is 1.86 bits per heavy atom. The second kappa shape index (κ2) is 7.60. The highest BCUT2D eigenvalue weighted by atomic mass is 16.7. The zero-order chi connectivity index (χ0) is 19.6. The van der Waals surface area contributed by atoms with Gasteiger partial charge in [0.1, 0.15) is 5.52 Å². The van der Waals surface area contributed by atoms with Gasteiger partial charge in [-0.1, -0.05) is 18.2 Å². The zero-order valence-corrected chi connectivity index (χ0v) is 15.9. The number of para-hydroxylation sites is 2. The van der Waals surface area contributed by atoms with E-state index in [2.05, 4.69) is 16.0 Å². The van der Waals surface area contributed by atoms with Crippen molar-refractivity contribution >= 4 is 23.1 Å². The number of benzene rings is 2. The zero-order valence-electron chi connectivity index (χ0n) is 15.9. The first-order valence-corrected chi connectivity index (χ1v) is 9.68. The van der Waals surface area contributed by atoms with Crippen LogP contribution in [0.1, 0.15) is 11.5 Å². The Morgan fingerprint density at radius 3 is 2.72 bits per heavy atom. The molecule has 0 spiro atoms. The van der Waals surface area contributed by atoms with E-state index in [4.69, 9.17) is 13.9 Å². The van der Waals surface area contributed by atoms with Crippen molar-refractivity contribution in [3.05, 3.63) is 60.0 Å². The van der Waals surface area contributed by atoms with E-state index in [0.717, 1.165) is 42.2 Å². The molecule has 2 aromatic carbocycles. The smallest absolute Gasteiger partial charge is 0.246 e. The van der Waals surface area contributed by atoms with Gasteiger partial charge in [-0.2, -0.15) is 0 Å². The van der Waals surface area contributed by atoms with Crippen molar-refractivity contribution in [2.24, 2.45) is 0 Å². The lowest BCUT2D eigenvalue weighted by molar-refractivity contribution is -0.127. The number of hydrogen-bond acceptors (Lipinski definition) is 6. The summed E-state index contributed by atoms with van der Waals surface area (Å²) in [5.74, 6) is 2.03. The number of piperazine rings is 1. The third-order valence-corrected chi connectivity index (χ3v) is 5.21. The molecule has 1 amide bonds. The molecule has 0 unspecified atom stereocenters. The summed E-state index contributed by atoms with van der Waals surface area (Å²) in [7, 11) is 0. The van der Waals surface area contributed by atoms with Crippen LogP contribution in [0.4, 0.5) is 0 Å². The highest BCUT2D eigenvalue weighted by molar-refractivity contribution is 5.91. The second-order valence-corrected chi connectivity index (χ2v) is 7.14. The normalized spacial score (nSPS) is 16.8. The van der Waals surface area contributed by atoms with Crippen molar-refractivity contribution in [1.82, 2.24) is 14.8 Å². The summed E-state index contributed by atoms with van der Waals surface area (Å²) in [4.78, 5) is 21.1. The van der Waals surface area contributed by atoms with Crippen molar-refractivity contribution in [2.45, 2.75) is 6.54 Å². The van der Waals surface area contributed by atoms with Crippen LogP contribution >= 0.6 is 0 Å². The van der Waals surface area contributed by atoms with Crippen LogP contribution in [0.3, 0.4) is 0 Å². The summed E-state index contributed by atoms with van der Waals surface area (Å²) in [5.41, 5.74) is 2.69. The van der Waals surface area contributed by atoms with Gasteiger partial charge in [0.05, 0.1) is 0 Å². The predicted octanol–water partition coefficient (Wildman–Crippen LogP) is 2.91. The van der Waals surface area contributed by atoms with Crippen LogP contribution in [-0.2, 0) is 11.3 Å². The highest BCUT2D eigenvalue weighted by Crippen LogP contribution is 2.32. The first kappa shape index (κ1) is 17.8. The van der Waals surface area contributed by atoms with Crippen molar-refractivity contribution < 1.29 is 18.7 Å². The minimum Gasteiger partial charge on any atom is -0.454 e. The molecule has 0 radical (unpaired) electrons. The van der Waals surface area contributed by atoms with Gasteiger partial charge in [-0.25, -0.2) is 4.98 Å². The quantitative estimate of drug-likeness (QED) is 0.637. The largest absolute Gasteiger partial charge is 0.454 e. The van der Waals surface area contributed by atoms with Crippen LogP contribution in [-0.4, -0.2) is 53.7 Å². The van der Waals surface area contributed by atoms with Gasteiger partial charge in [-0.15, -0.1) is 0 Å². The van der Waals surface area contributed by atoms with E-state index < -0.39 is 0 Å². The maximum Gasteiger partial charge on any atom is 0.246 e. The maximum absolute atomic E-state index is 12.5. The molecule has 5 rings (SSSR count). The number of oxazole rings is 1. The summed E-state index contributed by atoms with van der Waals surface area (Å²) in [5, 5.41) is 0. The molecule has 1 fully saturated rings. The number of aromatic nitrogens is 1. The maximum atomic E-state index is 12.5. The summed E-state index contributed by atoms with van der Waals surface area (Å²) in [6, 6.07) is 13.6. The van der Waals surface area contributed by atoms with E-state index in [1.807, 2.05) is 41.3 Å². The lowest BCUT2D eigenvalue weighted by Crippen LogP contribution is -2.47. The molecule has 0 aliphatic carbocycles. The molecule has 148 valence electrons. The average Bonchev–Trinajstić information content (AvgIpc) is 3.38. The van der Waals surface area contributed by atoms with Gasteiger partial charge in [0.25, 0.3) is 0 Å².